The summed E-state index contributed by atoms with van der Waals surface area (Å²) in [4.78, 5) is 0. The molecule has 1 aromatic carbocycles. The van der Waals surface area contributed by atoms with Gasteiger partial charge in [0.1, 0.15) is 5.75 Å². The lowest BCUT2D eigenvalue weighted by molar-refractivity contribution is -0.275. The van der Waals surface area contributed by atoms with Gasteiger partial charge in [-0.25, -0.2) is 0 Å². The molecular formula is C12H13F3O2. The number of halogens is 3. The Bertz CT molecular complexity index is 410. The summed E-state index contributed by atoms with van der Waals surface area (Å²) in [5, 5.41) is 10.0. The zero-order chi connectivity index (χ0) is 12.7. The number of aliphatic hydroxyl groups is 1. The van der Waals surface area contributed by atoms with Crippen LogP contribution in [-0.4, -0.2) is 11.5 Å². The minimum atomic E-state index is -4.74. The maximum Gasteiger partial charge on any atom is 0.573 e. The van der Waals surface area contributed by atoms with Crippen molar-refractivity contribution in [1.82, 2.24) is 0 Å². The van der Waals surface area contributed by atoms with Crippen molar-refractivity contribution in [2.24, 2.45) is 5.41 Å². The predicted octanol–water partition coefficient (Wildman–Crippen LogP) is 3.42. The van der Waals surface area contributed by atoms with E-state index >= 15 is 0 Å². The van der Waals surface area contributed by atoms with Crippen LogP contribution in [-0.2, 0) is 0 Å². The Kier molecular flexibility index (Phi) is 2.81. The van der Waals surface area contributed by atoms with Crippen molar-refractivity contribution in [2.75, 3.05) is 0 Å². The Morgan fingerprint density at radius 2 is 1.88 bits per heavy atom. The molecule has 1 aliphatic rings. The van der Waals surface area contributed by atoms with E-state index in [1.165, 1.54) is 18.2 Å². The summed E-state index contributed by atoms with van der Waals surface area (Å²) >= 11 is 0. The van der Waals surface area contributed by atoms with Gasteiger partial charge in [-0.05, 0) is 24.3 Å². The monoisotopic (exact) mass is 246 g/mol. The molecule has 0 heterocycles. The Labute approximate surface area is 97.0 Å². The van der Waals surface area contributed by atoms with Gasteiger partial charge in [0.05, 0.1) is 6.10 Å². The fourth-order valence-electron chi connectivity index (χ4n) is 1.77. The Hall–Kier alpha value is -1.23. The van der Waals surface area contributed by atoms with E-state index in [-0.39, 0.29) is 16.7 Å². The van der Waals surface area contributed by atoms with Gasteiger partial charge in [-0.15, -0.1) is 13.2 Å². The molecular weight excluding hydrogens is 233 g/mol. The molecule has 0 saturated heterocycles. The zero-order valence-electron chi connectivity index (χ0n) is 9.29. The molecule has 1 unspecified atom stereocenters. The molecule has 0 aliphatic heterocycles. The van der Waals surface area contributed by atoms with E-state index in [0.29, 0.717) is 0 Å². The predicted molar refractivity (Wildman–Crippen MR) is 55.4 cm³/mol. The van der Waals surface area contributed by atoms with Crippen LogP contribution in [0.5, 0.6) is 5.75 Å². The molecule has 5 heteroatoms. The van der Waals surface area contributed by atoms with Gasteiger partial charge < -0.3 is 9.84 Å². The molecule has 1 aromatic rings. The molecule has 1 aliphatic carbocycles. The van der Waals surface area contributed by atoms with Crippen LogP contribution in [0.2, 0.25) is 0 Å². The van der Waals surface area contributed by atoms with E-state index < -0.39 is 12.5 Å². The molecule has 0 spiro atoms. The lowest BCUT2D eigenvalue weighted by Crippen LogP contribution is -2.20. The van der Waals surface area contributed by atoms with Gasteiger partial charge in [0.25, 0.3) is 0 Å². The lowest BCUT2D eigenvalue weighted by atomic mass is 9.94. The zero-order valence-corrected chi connectivity index (χ0v) is 9.29. The number of hydrogen-bond donors (Lipinski definition) is 1. The minimum absolute atomic E-state index is 0.199. The minimum Gasteiger partial charge on any atom is -0.405 e. The molecule has 17 heavy (non-hydrogen) atoms. The van der Waals surface area contributed by atoms with Crippen molar-refractivity contribution in [3.63, 3.8) is 0 Å². The summed E-state index contributed by atoms with van der Waals surface area (Å²) in [5.74, 6) is -0.319. The normalized spacial score (nSPS) is 19.8. The average molecular weight is 246 g/mol. The summed E-state index contributed by atoms with van der Waals surface area (Å²) in [6, 6.07) is 5.73. The first-order valence-corrected chi connectivity index (χ1v) is 5.35. The van der Waals surface area contributed by atoms with Gasteiger partial charge in [-0.3, -0.25) is 0 Å². The number of aliphatic hydroxyl groups excluding tert-OH is 1. The Morgan fingerprint density at radius 3 is 2.41 bits per heavy atom. The van der Waals surface area contributed by atoms with Crippen molar-refractivity contribution in [3.05, 3.63) is 29.8 Å². The maximum absolute atomic E-state index is 12.2. The van der Waals surface area contributed by atoms with Gasteiger partial charge in [-0.2, -0.15) is 0 Å². The third-order valence-electron chi connectivity index (χ3n) is 3.14. The van der Waals surface area contributed by atoms with Crippen LogP contribution < -0.4 is 4.74 Å². The topological polar surface area (TPSA) is 29.5 Å². The first kappa shape index (κ1) is 12.2. The van der Waals surface area contributed by atoms with Gasteiger partial charge >= 0.3 is 6.36 Å². The first-order valence-electron chi connectivity index (χ1n) is 5.35. The van der Waals surface area contributed by atoms with Crippen molar-refractivity contribution in [1.29, 1.82) is 0 Å². The molecule has 1 atom stereocenters. The highest BCUT2D eigenvalue weighted by Gasteiger charge is 2.46. The van der Waals surface area contributed by atoms with Crippen molar-refractivity contribution in [2.45, 2.75) is 32.2 Å². The van der Waals surface area contributed by atoms with Crippen LogP contribution in [0.25, 0.3) is 0 Å². The second-order valence-corrected chi connectivity index (χ2v) is 4.64. The largest absolute Gasteiger partial charge is 0.573 e. The summed E-state index contributed by atoms with van der Waals surface area (Å²) in [6.45, 7) is 1.85. The maximum atomic E-state index is 12.2. The molecule has 94 valence electrons. The van der Waals surface area contributed by atoms with Crippen molar-refractivity contribution in [3.8, 4) is 5.75 Å². The van der Waals surface area contributed by atoms with Crippen LogP contribution >= 0.6 is 0 Å². The molecule has 1 N–H and O–H groups in total. The van der Waals surface area contributed by atoms with Gasteiger partial charge in [0.2, 0.25) is 0 Å². The summed E-state index contributed by atoms with van der Waals surface area (Å²) < 4.78 is 40.5. The molecule has 0 radical (unpaired) electrons. The fourth-order valence-corrected chi connectivity index (χ4v) is 1.77. The quantitative estimate of drug-likeness (QED) is 0.885. The number of para-hydroxylation sites is 1. The molecule has 0 aromatic heterocycles. The Morgan fingerprint density at radius 1 is 1.29 bits per heavy atom. The number of ether oxygens (including phenoxy) is 1. The molecule has 2 nitrogen and oxygen atoms in total. The van der Waals surface area contributed by atoms with Crippen LogP contribution in [0.4, 0.5) is 13.2 Å². The summed E-state index contributed by atoms with van der Waals surface area (Å²) in [6.07, 6.45) is -4.02. The highest BCUT2D eigenvalue weighted by atomic mass is 19.4. The third-order valence-corrected chi connectivity index (χ3v) is 3.14. The van der Waals surface area contributed by atoms with Crippen LogP contribution in [0.1, 0.15) is 31.4 Å². The third kappa shape index (κ3) is 2.72. The molecule has 1 fully saturated rings. The van der Waals surface area contributed by atoms with Crippen LogP contribution in [0.3, 0.4) is 0 Å². The fraction of sp³-hybridized carbons (Fsp3) is 0.500. The number of rotatable bonds is 3. The molecule has 2 rings (SSSR count). The SMILES string of the molecule is CC1(C(O)c2ccccc2OC(F)(F)F)CC1. The van der Waals surface area contributed by atoms with Crippen molar-refractivity contribution < 1.29 is 23.0 Å². The molecule has 0 bridgehead atoms. The van der Waals surface area contributed by atoms with Crippen molar-refractivity contribution >= 4 is 0 Å². The number of hydrogen-bond acceptors (Lipinski definition) is 2. The van der Waals surface area contributed by atoms with E-state index in [9.17, 15) is 18.3 Å². The van der Waals surface area contributed by atoms with Gasteiger partial charge in [0.15, 0.2) is 0 Å². The van der Waals surface area contributed by atoms with Crippen LogP contribution in [0.15, 0.2) is 24.3 Å². The molecule has 1 saturated carbocycles. The van der Waals surface area contributed by atoms with E-state index in [0.717, 1.165) is 12.8 Å². The van der Waals surface area contributed by atoms with Gasteiger partial charge in [-0.1, -0.05) is 25.1 Å². The Balaban J connectivity index is 2.27. The highest BCUT2D eigenvalue weighted by molar-refractivity contribution is 5.37. The summed E-state index contributed by atoms with van der Waals surface area (Å²) in [7, 11) is 0. The van der Waals surface area contributed by atoms with Crippen LogP contribution in [0, 0.1) is 5.41 Å². The first-order chi connectivity index (χ1) is 7.82. The van der Waals surface area contributed by atoms with E-state index in [2.05, 4.69) is 4.74 Å². The number of alkyl halides is 3. The average Bonchev–Trinajstić information content (AvgIpc) is 2.95. The van der Waals surface area contributed by atoms with E-state index in [4.69, 9.17) is 0 Å². The smallest absolute Gasteiger partial charge is 0.405 e. The van der Waals surface area contributed by atoms with E-state index in [1.54, 1.807) is 6.07 Å². The number of benzene rings is 1. The standard InChI is InChI=1S/C12H13F3O2/c1-11(6-7-11)10(16)8-4-2-3-5-9(8)17-12(13,14)15/h2-5,10,16H,6-7H2,1H3. The van der Waals surface area contributed by atoms with E-state index in [1.807, 2.05) is 6.92 Å². The summed E-state index contributed by atoms with van der Waals surface area (Å²) in [5.41, 5.74) is -0.116. The second-order valence-electron chi connectivity index (χ2n) is 4.64. The van der Waals surface area contributed by atoms with Gasteiger partial charge in [0, 0.05) is 5.56 Å². The second kappa shape index (κ2) is 3.91. The highest BCUT2D eigenvalue weighted by Crippen LogP contribution is 2.55. The molecule has 0 amide bonds. The lowest BCUT2D eigenvalue weighted by Gasteiger charge is -2.21.